The topological polar surface area (TPSA) is 113 Å². The molecule has 1 aromatic rings. The summed E-state index contributed by atoms with van der Waals surface area (Å²) in [5, 5.41) is 22.5. The van der Waals surface area contributed by atoms with E-state index in [1.807, 2.05) is 0 Å². The Morgan fingerprint density at radius 1 is 1.07 bits per heavy atom. The number of halogens is 1. The van der Waals surface area contributed by atoms with E-state index >= 15 is 0 Å². The average molecular weight is 593 g/mol. The van der Waals surface area contributed by atoms with Gasteiger partial charge in [-0.05, 0) is 55.9 Å². The fourth-order valence-electron chi connectivity index (χ4n) is 6.60. The smallest absolute Gasteiger partial charge is 0.327 e. The molecule has 2 heterocycles. The van der Waals surface area contributed by atoms with Crippen LogP contribution in [0, 0.1) is 11.7 Å². The SMILES string of the molecule is CC(=O)NC(CSCC(O)CN1CN(c2ccc(F)cc2)C2(CCN(CC3CCCCCCC3)CC2)C1=O)C(=O)O. The molecule has 1 aromatic carbocycles. The number of nitrogens with one attached hydrogen (secondary N) is 1. The molecule has 2 aliphatic heterocycles. The largest absolute Gasteiger partial charge is 0.480 e. The van der Waals surface area contributed by atoms with Crippen molar-refractivity contribution in [3.63, 3.8) is 0 Å². The number of rotatable bonds is 11. The minimum absolute atomic E-state index is 0.0156. The predicted octanol–water partition coefficient (Wildman–Crippen LogP) is 3.31. The lowest BCUT2D eigenvalue weighted by molar-refractivity contribution is -0.140. The fraction of sp³-hybridized carbons (Fsp3) is 0.700. The van der Waals surface area contributed by atoms with Crippen molar-refractivity contribution in [2.75, 3.05) is 49.3 Å². The van der Waals surface area contributed by atoms with Gasteiger partial charge in [-0.25, -0.2) is 9.18 Å². The van der Waals surface area contributed by atoms with Crippen LogP contribution in [-0.2, 0) is 14.4 Å². The van der Waals surface area contributed by atoms with E-state index in [-0.39, 0.29) is 29.8 Å². The number of hydrogen-bond acceptors (Lipinski definition) is 7. The monoisotopic (exact) mass is 592 g/mol. The summed E-state index contributed by atoms with van der Waals surface area (Å²) in [6.07, 6.45) is 9.67. The summed E-state index contributed by atoms with van der Waals surface area (Å²) in [7, 11) is 0. The number of aliphatic hydroxyl groups excluding tert-OH is 1. The van der Waals surface area contributed by atoms with Crippen molar-refractivity contribution in [1.29, 1.82) is 0 Å². The zero-order valence-electron chi connectivity index (χ0n) is 24.1. The predicted molar refractivity (Wildman–Crippen MR) is 158 cm³/mol. The quantitative estimate of drug-likeness (QED) is 0.359. The second-order valence-electron chi connectivity index (χ2n) is 11.9. The number of piperidine rings is 1. The number of nitrogens with zero attached hydrogens (tertiary/aromatic N) is 3. The highest BCUT2D eigenvalue weighted by molar-refractivity contribution is 7.99. The van der Waals surface area contributed by atoms with Crippen LogP contribution in [0.25, 0.3) is 0 Å². The van der Waals surface area contributed by atoms with Crippen LogP contribution in [0.15, 0.2) is 24.3 Å². The standard InChI is InChI=1S/C30H45FN4O5S/c1-22(36)32-27(28(38)39)20-41-19-26(37)18-34-21-35(25-11-9-24(31)10-12-25)30(29(34)40)13-15-33(16-14-30)17-23-7-5-3-2-4-6-8-23/h9-12,23,26-27,37H,2-8,13-21H2,1H3,(H,32,36)(H,38,39). The zero-order valence-corrected chi connectivity index (χ0v) is 24.9. The van der Waals surface area contributed by atoms with Gasteiger partial charge in [0.2, 0.25) is 11.8 Å². The number of likely N-dealkylation sites (tertiary alicyclic amines) is 1. The van der Waals surface area contributed by atoms with Crippen molar-refractivity contribution in [2.24, 2.45) is 5.92 Å². The van der Waals surface area contributed by atoms with E-state index in [0.717, 1.165) is 25.3 Å². The van der Waals surface area contributed by atoms with Gasteiger partial charge in [0.25, 0.3) is 0 Å². The first-order valence-corrected chi connectivity index (χ1v) is 16.1. The van der Waals surface area contributed by atoms with Crippen molar-refractivity contribution in [3.05, 3.63) is 30.1 Å². The molecular formula is C30H45FN4O5S. The van der Waals surface area contributed by atoms with E-state index in [1.54, 1.807) is 17.0 Å². The Hall–Kier alpha value is -2.37. The van der Waals surface area contributed by atoms with Gasteiger partial charge < -0.3 is 30.2 Å². The number of carbonyl (C=O) groups excluding carboxylic acids is 2. The maximum Gasteiger partial charge on any atom is 0.327 e. The molecule has 1 saturated carbocycles. The van der Waals surface area contributed by atoms with E-state index in [2.05, 4.69) is 15.1 Å². The molecule has 11 heteroatoms. The summed E-state index contributed by atoms with van der Waals surface area (Å²) < 4.78 is 13.8. The lowest BCUT2D eigenvalue weighted by Crippen LogP contribution is -2.57. The summed E-state index contributed by atoms with van der Waals surface area (Å²) in [5.74, 6) is -0.845. The number of carboxylic acids is 1. The van der Waals surface area contributed by atoms with Gasteiger partial charge >= 0.3 is 5.97 Å². The van der Waals surface area contributed by atoms with Gasteiger partial charge in [0.15, 0.2) is 0 Å². The Morgan fingerprint density at radius 3 is 2.32 bits per heavy atom. The molecule has 9 nitrogen and oxygen atoms in total. The van der Waals surface area contributed by atoms with Gasteiger partial charge in [-0.15, -0.1) is 0 Å². The number of thioether (sulfide) groups is 1. The van der Waals surface area contributed by atoms with Crippen LogP contribution < -0.4 is 10.2 Å². The number of benzene rings is 1. The third kappa shape index (κ3) is 8.35. The highest BCUT2D eigenvalue weighted by atomic mass is 32.2. The van der Waals surface area contributed by atoms with Crippen molar-refractivity contribution in [1.82, 2.24) is 15.1 Å². The van der Waals surface area contributed by atoms with Crippen LogP contribution in [-0.4, -0.2) is 99.8 Å². The molecule has 3 N–H and O–H groups in total. The summed E-state index contributed by atoms with van der Waals surface area (Å²) in [5.41, 5.74) is 0.0567. The lowest BCUT2D eigenvalue weighted by Gasteiger charge is -2.44. The second-order valence-corrected chi connectivity index (χ2v) is 13.0. The van der Waals surface area contributed by atoms with Crippen LogP contribution in [0.3, 0.4) is 0 Å². The molecule has 3 aliphatic rings. The van der Waals surface area contributed by atoms with Gasteiger partial charge in [-0.2, -0.15) is 11.8 Å². The van der Waals surface area contributed by atoms with Crippen LogP contribution in [0.4, 0.5) is 10.1 Å². The molecule has 2 unspecified atom stereocenters. The normalized spacial score (nSPS) is 21.9. The number of aliphatic carboxylic acids is 1. The molecule has 2 saturated heterocycles. The Bertz CT molecular complexity index is 1030. The molecule has 2 atom stereocenters. The average Bonchev–Trinajstić information content (AvgIpc) is 3.17. The minimum atomic E-state index is -1.13. The molecule has 2 amide bonds. The second kappa shape index (κ2) is 14.7. The Morgan fingerprint density at radius 2 is 1.71 bits per heavy atom. The number of anilines is 1. The van der Waals surface area contributed by atoms with E-state index in [1.165, 1.54) is 75.8 Å². The first-order valence-electron chi connectivity index (χ1n) is 15.0. The Labute approximate surface area is 246 Å². The fourth-order valence-corrected chi connectivity index (χ4v) is 7.57. The molecule has 0 radical (unpaired) electrons. The molecule has 3 fully saturated rings. The van der Waals surface area contributed by atoms with E-state index in [4.69, 9.17) is 0 Å². The molecule has 228 valence electrons. The van der Waals surface area contributed by atoms with Gasteiger partial charge in [0.05, 0.1) is 12.8 Å². The number of aliphatic hydroxyl groups is 1. The third-order valence-corrected chi connectivity index (χ3v) is 9.97. The summed E-state index contributed by atoms with van der Waals surface area (Å²) in [6.45, 7) is 4.42. The Kier molecular flexibility index (Phi) is 11.3. The first kappa shape index (κ1) is 31.6. The third-order valence-electron chi connectivity index (χ3n) is 8.78. The van der Waals surface area contributed by atoms with Crippen LogP contribution in [0.2, 0.25) is 0 Å². The maximum absolute atomic E-state index is 14.0. The summed E-state index contributed by atoms with van der Waals surface area (Å²) in [4.78, 5) is 42.9. The number of carbonyl (C=O) groups is 3. The van der Waals surface area contributed by atoms with Crippen molar-refractivity contribution in [3.8, 4) is 0 Å². The van der Waals surface area contributed by atoms with Gasteiger partial charge in [-0.1, -0.05) is 32.1 Å². The number of hydrogen-bond donors (Lipinski definition) is 3. The molecule has 0 bridgehead atoms. The Balaban J connectivity index is 1.39. The molecular weight excluding hydrogens is 547 g/mol. The van der Waals surface area contributed by atoms with Gasteiger partial charge in [-0.3, -0.25) is 9.59 Å². The van der Waals surface area contributed by atoms with E-state index in [9.17, 15) is 29.0 Å². The van der Waals surface area contributed by atoms with E-state index < -0.39 is 29.6 Å². The highest BCUT2D eigenvalue weighted by Crippen LogP contribution is 2.40. The number of β-amino-alcohol motifs (C(OH)–C–C–N with tert-alkyl or cyclic N) is 1. The summed E-state index contributed by atoms with van der Waals surface area (Å²) in [6, 6.07) is 5.23. The van der Waals surface area contributed by atoms with Crippen molar-refractivity contribution in [2.45, 2.75) is 82.4 Å². The molecule has 4 rings (SSSR count). The van der Waals surface area contributed by atoms with Gasteiger partial charge in [0.1, 0.15) is 17.4 Å². The number of carboxylic acid groups (broad SMARTS) is 1. The molecule has 1 spiro atoms. The van der Waals surface area contributed by atoms with Crippen LogP contribution in [0.1, 0.15) is 64.7 Å². The van der Waals surface area contributed by atoms with Crippen molar-refractivity contribution < 1.29 is 29.0 Å². The van der Waals surface area contributed by atoms with Crippen LogP contribution >= 0.6 is 11.8 Å². The first-order chi connectivity index (χ1) is 19.7. The zero-order chi connectivity index (χ0) is 29.4. The lowest BCUT2D eigenvalue weighted by atomic mass is 9.84. The molecule has 1 aliphatic carbocycles. The highest BCUT2D eigenvalue weighted by Gasteiger charge is 2.54. The van der Waals surface area contributed by atoms with Crippen molar-refractivity contribution >= 4 is 35.2 Å². The van der Waals surface area contributed by atoms with E-state index in [0.29, 0.717) is 25.4 Å². The molecule has 0 aromatic heterocycles. The number of amides is 2. The van der Waals surface area contributed by atoms with Crippen LogP contribution in [0.5, 0.6) is 0 Å². The summed E-state index contributed by atoms with van der Waals surface area (Å²) >= 11 is 1.22. The van der Waals surface area contributed by atoms with Gasteiger partial charge in [0, 0.05) is 50.3 Å². The maximum atomic E-state index is 14.0. The molecule has 41 heavy (non-hydrogen) atoms. The minimum Gasteiger partial charge on any atom is -0.480 e.